The molecule has 4 nitrogen and oxygen atoms in total. The standard InChI is InChI=1S/C6H7N3O/c1-5(9-10)6-2-3-7-4-8-6/h2-4,10H,1H3/b9-5+. The van der Waals surface area contributed by atoms with Gasteiger partial charge in [0.25, 0.3) is 0 Å². The van der Waals surface area contributed by atoms with E-state index in [2.05, 4.69) is 15.1 Å². The molecule has 0 aliphatic carbocycles. The summed E-state index contributed by atoms with van der Waals surface area (Å²) in [4.78, 5) is 7.56. The molecule has 0 radical (unpaired) electrons. The Kier molecular flexibility index (Phi) is 1.94. The molecule has 1 aromatic rings. The zero-order chi connectivity index (χ0) is 7.40. The fraction of sp³-hybridized carbons (Fsp3) is 0.167. The Morgan fingerprint density at radius 3 is 3.00 bits per heavy atom. The van der Waals surface area contributed by atoms with Crippen molar-refractivity contribution in [1.29, 1.82) is 0 Å². The second kappa shape index (κ2) is 2.91. The molecule has 0 spiro atoms. The first-order valence-corrected chi connectivity index (χ1v) is 2.79. The predicted octanol–water partition coefficient (Wildman–Crippen LogP) is 0.675. The minimum atomic E-state index is 0.488. The molecule has 1 N–H and O–H groups in total. The van der Waals surface area contributed by atoms with Crippen LogP contribution in [-0.2, 0) is 0 Å². The van der Waals surface area contributed by atoms with Gasteiger partial charge in [0.2, 0.25) is 0 Å². The largest absolute Gasteiger partial charge is 0.411 e. The lowest BCUT2D eigenvalue weighted by Crippen LogP contribution is -1.97. The molecule has 0 unspecified atom stereocenters. The van der Waals surface area contributed by atoms with Gasteiger partial charge in [-0.2, -0.15) is 0 Å². The van der Waals surface area contributed by atoms with E-state index in [9.17, 15) is 0 Å². The van der Waals surface area contributed by atoms with Crippen molar-refractivity contribution in [3.8, 4) is 0 Å². The van der Waals surface area contributed by atoms with Crippen molar-refractivity contribution in [2.45, 2.75) is 6.92 Å². The topological polar surface area (TPSA) is 58.4 Å². The Morgan fingerprint density at radius 1 is 1.70 bits per heavy atom. The highest BCUT2D eigenvalue weighted by Crippen LogP contribution is 1.92. The van der Waals surface area contributed by atoms with Gasteiger partial charge in [0.15, 0.2) is 0 Å². The van der Waals surface area contributed by atoms with Crippen LogP contribution in [-0.4, -0.2) is 20.9 Å². The van der Waals surface area contributed by atoms with Gasteiger partial charge in [0.05, 0.1) is 5.69 Å². The third kappa shape index (κ3) is 1.28. The molecule has 0 fully saturated rings. The van der Waals surface area contributed by atoms with Crippen molar-refractivity contribution in [3.05, 3.63) is 24.3 Å². The lowest BCUT2D eigenvalue weighted by atomic mass is 10.3. The highest BCUT2D eigenvalue weighted by atomic mass is 16.4. The number of oxime groups is 1. The lowest BCUT2D eigenvalue weighted by molar-refractivity contribution is 0.319. The zero-order valence-electron chi connectivity index (χ0n) is 5.52. The predicted molar refractivity (Wildman–Crippen MR) is 36.0 cm³/mol. The van der Waals surface area contributed by atoms with Gasteiger partial charge in [-0.15, -0.1) is 0 Å². The van der Waals surface area contributed by atoms with Gasteiger partial charge in [-0.05, 0) is 13.0 Å². The van der Waals surface area contributed by atoms with Crippen LogP contribution in [0.2, 0.25) is 0 Å². The van der Waals surface area contributed by atoms with Crippen molar-refractivity contribution >= 4 is 5.71 Å². The molecular weight excluding hydrogens is 130 g/mol. The Labute approximate surface area is 58.2 Å². The van der Waals surface area contributed by atoms with Gasteiger partial charge < -0.3 is 5.21 Å². The third-order valence-corrected chi connectivity index (χ3v) is 1.10. The first-order valence-electron chi connectivity index (χ1n) is 2.79. The summed E-state index contributed by atoms with van der Waals surface area (Å²) in [6.45, 7) is 1.67. The van der Waals surface area contributed by atoms with Gasteiger partial charge in [0, 0.05) is 6.20 Å². The van der Waals surface area contributed by atoms with Gasteiger partial charge in [-0.25, -0.2) is 9.97 Å². The number of aromatic nitrogens is 2. The molecule has 52 valence electrons. The molecule has 0 amide bonds. The quantitative estimate of drug-likeness (QED) is 0.351. The molecule has 0 aliphatic rings. The minimum Gasteiger partial charge on any atom is -0.411 e. The van der Waals surface area contributed by atoms with Crippen molar-refractivity contribution in [2.24, 2.45) is 5.16 Å². The summed E-state index contributed by atoms with van der Waals surface area (Å²) in [5.41, 5.74) is 1.12. The molecular formula is C6H7N3O. The summed E-state index contributed by atoms with van der Waals surface area (Å²) >= 11 is 0. The van der Waals surface area contributed by atoms with Gasteiger partial charge in [-0.3, -0.25) is 0 Å². The highest BCUT2D eigenvalue weighted by molar-refractivity contribution is 5.96. The van der Waals surface area contributed by atoms with E-state index in [1.165, 1.54) is 6.33 Å². The maximum absolute atomic E-state index is 8.32. The van der Waals surface area contributed by atoms with E-state index in [4.69, 9.17) is 5.21 Å². The fourth-order valence-electron chi connectivity index (χ4n) is 0.556. The van der Waals surface area contributed by atoms with Gasteiger partial charge in [-0.1, -0.05) is 5.16 Å². The molecule has 10 heavy (non-hydrogen) atoms. The van der Waals surface area contributed by atoms with Crippen LogP contribution in [0.4, 0.5) is 0 Å². The smallest absolute Gasteiger partial charge is 0.116 e. The first-order chi connectivity index (χ1) is 4.84. The van der Waals surface area contributed by atoms with Crippen LogP contribution in [0, 0.1) is 0 Å². The number of hydrogen-bond donors (Lipinski definition) is 1. The number of nitrogens with zero attached hydrogens (tertiary/aromatic N) is 3. The van der Waals surface area contributed by atoms with Crippen LogP contribution < -0.4 is 0 Å². The van der Waals surface area contributed by atoms with Crippen LogP contribution in [0.5, 0.6) is 0 Å². The zero-order valence-corrected chi connectivity index (χ0v) is 5.52. The van der Waals surface area contributed by atoms with E-state index < -0.39 is 0 Å². The highest BCUT2D eigenvalue weighted by Gasteiger charge is 1.95. The average Bonchev–Trinajstić information content (AvgIpc) is 2.05. The van der Waals surface area contributed by atoms with E-state index in [0.717, 1.165) is 0 Å². The number of rotatable bonds is 1. The van der Waals surface area contributed by atoms with Crippen molar-refractivity contribution in [2.75, 3.05) is 0 Å². The second-order valence-electron chi connectivity index (χ2n) is 1.78. The molecule has 0 bridgehead atoms. The Morgan fingerprint density at radius 2 is 2.50 bits per heavy atom. The fourth-order valence-corrected chi connectivity index (χ4v) is 0.556. The molecule has 0 saturated heterocycles. The normalized spacial score (nSPS) is 11.5. The SMILES string of the molecule is C/C(=N\O)c1ccncn1. The Bertz CT molecular complexity index is 232. The average molecular weight is 137 g/mol. The van der Waals surface area contributed by atoms with E-state index >= 15 is 0 Å². The molecule has 0 aliphatic heterocycles. The molecule has 1 heterocycles. The maximum atomic E-state index is 8.32. The summed E-state index contributed by atoms with van der Waals surface area (Å²) < 4.78 is 0. The van der Waals surface area contributed by atoms with Crippen LogP contribution in [0.15, 0.2) is 23.7 Å². The molecule has 0 saturated carbocycles. The van der Waals surface area contributed by atoms with E-state index in [0.29, 0.717) is 11.4 Å². The molecule has 4 heteroatoms. The minimum absolute atomic E-state index is 0.488. The van der Waals surface area contributed by atoms with Crippen molar-refractivity contribution < 1.29 is 5.21 Å². The van der Waals surface area contributed by atoms with E-state index in [-0.39, 0.29) is 0 Å². The summed E-state index contributed by atoms with van der Waals surface area (Å²) in [7, 11) is 0. The Hall–Kier alpha value is -1.45. The summed E-state index contributed by atoms with van der Waals surface area (Å²) in [6, 6.07) is 1.68. The van der Waals surface area contributed by atoms with Gasteiger partial charge >= 0.3 is 0 Å². The lowest BCUT2D eigenvalue weighted by Gasteiger charge is -1.92. The van der Waals surface area contributed by atoms with Crippen LogP contribution in [0.3, 0.4) is 0 Å². The molecule has 1 rings (SSSR count). The molecule has 0 aromatic carbocycles. The number of hydrogen-bond acceptors (Lipinski definition) is 4. The monoisotopic (exact) mass is 137 g/mol. The summed E-state index contributed by atoms with van der Waals surface area (Å²) in [6.07, 6.45) is 3.00. The molecule has 1 aromatic heterocycles. The van der Waals surface area contributed by atoms with Crippen LogP contribution >= 0.6 is 0 Å². The van der Waals surface area contributed by atoms with Crippen molar-refractivity contribution in [1.82, 2.24) is 9.97 Å². The van der Waals surface area contributed by atoms with E-state index in [1.807, 2.05) is 0 Å². The summed E-state index contributed by atoms with van der Waals surface area (Å²) in [5.74, 6) is 0. The van der Waals surface area contributed by atoms with E-state index in [1.54, 1.807) is 19.2 Å². The van der Waals surface area contributed by atoms with Crippen LogP contribution in [0.25, 0.3) is 0 Å². The second-order valence-corrected chi connectivity index (χ2v) is 1.78. The first kappa shape index (κ1) is 6.67. The van der Waals surface area contributed by atoms with Crippen molar-refractivity contribution in [3.63, 3.8) is 0 Å². The Balaban J connectivity index is 2.96. The third-order valence-electron chi connectivity index (χ3n) is 1.10. The van der Waals surface area contributed by atoms with Crippen LogP contribution in [0.1, 0.15) is 12.6 Å². The van der Waals surface area contributed by atoms with Gasteiger partial charge in [0.1, 0.15) is 12.0 Å². The summed E-state index contributed by atoms with van der Waals surface area (Å²) in [5, 5.41) is 11.3. The maximum Gasteiger partial charge on any atom is 0.116 e. The molecule has 0 atom stereocenters.